The zero-order valence-electron chi connectivity index (χ0n) is 11.6. The summed E-state index contributed by atoms with van der Waals surface area (Å²) in [7, 11) is -1.88. The SMILES string of the molecule is CNCC1CN(S(=O)(=O)c2ccc([N+](=O)[O-])cc2)CCO1. The number of likely N-dealkylation sites (N-methyl/N-ethyl adjacent to an activating group) is 1. The molecule has 0 radical (unpaired) electrons. The average Bonchev–Trinajstić information content (AvgIpc) is 2.48. The van der Waals surface area contributed by atoms with Gasteiger partial charge in [-0.1, -0.05) is 0 Å². The van der Waals surface area contributed by atoms with Crippen LogP contribution in [0.1, 0.15) is 0 Å². The van der Waals surface area contributed by atoms with Crippen LogP contribution in [0.4, 0.5) is 5.69 Å². The van der Waals surface area contributed by atoms with E-state index in [4.69, 9.17) is 4.74 Å². The number of nitrogens with zero attached hydrogens (tertiary/aromatic N) is 2. The van der Waals surface area contributed by atoms with Crippen LogP contribution in [0.3, 0.4) is 0 Å². The fourth-order valence-corrected chi connectivity index (χ4v) is 3.61. The lowest BCUT2D eigenvalue weighted by Gasteiger charge is -2.32. The van der Waals surface area contributed by atoms with Crippen molar-refractivity contribution in [3.05, 3.63) is 34.4 Å². The number of nitro benzene ring substituents is 1. The molecule has 0 spiro atoms. The highest BCUT2D eigenvalue weighted by Crippen LogP contribution is 2.21. The van der Waals surface area contributed by atoms with E-state index in [0.717, 1.165) is 0 Å². The molecule has 1 heterocycles. The molecule has 1 saturated heterocycles. The van der Waals surface area contributed by atoms with Crippen LogP contribution in [0.2, 0.25) is 0 Å². The number of hydrogen-bond acceptors (Lipinski definition) is 6. The van der Waals surface area contributed by atoms with Gasteiger partial charge in [-0.05, 0) is 19.2 Å². The van der Waals surface area contributed by atoms with Crippen LogP contribution in [0.15, 0.2) is 29.2 Å². The molecular formula is C12H17N3O5S. The number of ether oxygens (including phenoxy) is 1. The maximum Gasteiger partial charge on any atom is 0.269 e. The molecule has 1 aliphatic heterocycles. The second kappa shape index (κ2) is 6.48. The predicted octanol–water partition coefficient (Wildman–Crippen LogP) is 0.204. The van der Waals surface area contributed by atoms with E-state index in [2.05, 4.69) is 5.32 Å². The fourth-order valence-electron chi connectivity index (χ4n) is 2.15. The molecule has 1 unspecified atom stereocenters. The summed E-state index contributed by atoms with van der Waals surface area (Å²) < 4.78 is 31.8. The molecule has 1 aromatic rings. The summed E-state index contributed by atoms with van der Waals surface area (Å²) in [5, 5.41) is 13.5. The van der Waals surface area contributed by atoms with E-state index in [1.807, 2.05) is 0 Å². The highest BCUT2D eigenvalue weighted by atomic mass is 32.2. The first-order valence-corrected chi connectivity index (χ1v) is 7.90. The van der Waals surface area contributed by atoms with E-state index < -0.39 is 14.9 Å². The predicted molar refractivity (Wildman–Crippen MR) is 75.5 cm³/mol. The minimum atomic E-state index is -3.65. The van der Waals surface area contributed by atoms with Gasteiger partial charge in [0.2, 0.25) is 10.0 Å². The van der Waals surface area contributed by atoms with Crippen LogP contribution in [0, 0.1) is 10.1 Å². The van der Waals surface area contributed by atoms with Gasteiger partial charge in [0, 0.05) is 31.8 Å². The van der Waals surface area contributed by atoms with E-state index in [1.165, 1.54) is 28.6 Å². The summed E-state index contributed by atoms with van der Waals surface area (Å²) in [4.78, 5) is 10.1. The molecule has 1 atom stereocenters. The Morgan fingerprint density at radius 2 is 2.10 bits per heavy atom. The van der Waals surface area contributed by atoms with Gasteiger partial charge in [-0.25, -0.2) is 8.42 Å². The number of hydrogen-bond donors (Lipinski definition) is 1. The smallest absolute Gasteiger partial charge is 0.269 e. The van der Waals surface area contributed by atoms with Crippen molar-refractivity contribution in [2.75, 3.05) is 33.3 Å². The Morgan fingerprint density at radius 3 is 2.67 bits per heavy atom. The number of morpholine rings is 1. The average molecular weight is 315 g/mol. The van der Waals surface area contributed by atoms with Crippen molar-refractivity contribution in [2.45, 2.75) is 11.0 Å². The Balaban J connectivity index is 2.18. The maximum absolute atomic E-state index is 12.5. The molecule has 1 aliphatic rings. The first-order valence-electron chi connectivity index (χ1n) is 6.46. The van der Waals surface area contributed by atoms with Gasteiger partial charge in [-0.15, -0.1) is 0 Å². The largest absolute Gasteiger partial charge is 0.374 e. The van der Waals surface area contributed by atoms with Gasteiger partial charge in [0.25, 0.3) is 5.69 Å². The Bertz CT molecular complexity index is 600. The fraction of sp³-hybridized carbons (Fsp3) is 0.500. The summed E-state index contributed by atoms with van der Waals surface area (Å²) in [6.07, 6.45) is -0.198. The third-order valence-corrected chi connectivity index (χ3v) is 5.10. The van der Waals surface area contributed by atoms with E-state index in [-0.39, 0.29) is 29.8 Å². The van der Waals surface area contributed by atoms with Gasteiger partial charge in [0.05, 0.1) is 22.5 Å². The van der Waals surface area contributed by atoms with Crippen molar-refractivity contribution >= 4 is 15.7 Å². The Morgan fingerprint density at radius 1 is 1.43 bits per heavy atom. The monoisotopic (exact) mass is 315 g/mol. The molecular weight excluding hydrogens is 298 g/mol. The van der Waals surface area contributed by atoms with Crippen molar-refractivity contribution in [1.29, 1.82) is 0 Å². The minimum Gasteiger partial charge on any atom is -0.374 e. The van der Waals surface area contributed by atoms with Crippen molar-refractivity contribution in [2.24, 2.45) is 0 Å². The van der Waals surface area contributed by atoms with E-state index in [1.54, 1.807) is 7.05 Å². The Hall–Kier alpha value is -1.55. The maximum atomic E-state index is 12.5. The van der Waals surface area contributed by atoms with Crippen LogP contribution in [-0.4, -0.2) is 57.0 Å². The molecule has 2 rings (SSSR count). The van der Waals surface area contributed by atoms with Crippen molar-refractivity contribution in [3.8, 4) is 0 Å². The van der Waals surface area contributed by atoms with Crippen LogP contribution >= 0.6 is 0 Å². The lowest BCUT2D eigenvalue weighted by atomic mass is 10.3. The van der Waals surface area contributed by atoms with Gasteiger partial charge in [-0.2, -0.15) is 4.31 Å². The molecule has 0 bridgehead atoms. The number of benzene rings is 1. The molecule has 9 heteroatoms. The van der Waals surface area contributed by atoms with Crippen LogP contribution in [0.25, 0.3) is 0 Å². The molecule has 0 aliphatic carbocycles. The molecule has 0 amide bonds. The second-order valence-electron chi connectivity index (χ2n) is 4.66. The zero-order valence-corrected chi connectivity index (χ0v) is 12.4. The summed E-state index contributed by atoms with van der Waals surface area (Å²) in [6, 6.07) is 4.91. The van der Waals surface area contributed by atoms with Gasteiger partial charge >= 0.3 is 0 Å². The Labute approximate surface area is 122 Å². The molecule has 0 saturated carbocycles. The van der Waals surface area contributed by atoms with Crippen molar-refractivity contribution in [1.82, 2.24) is 9.62 Å². The zero-order chi connectivity index (χ0) is 15.5. The van der Waals surface area contributed by atoms with Crippen LogP contribution < -0.4 is 5.32 Å². The van der Waals surface area contributed by atoms with Gasteiger partial charge in [-0.3, -0.25) is 10.1 Å². The van der Waals surface area contributed by atoms with E-state index in [0.29, 0.717) is 13.2 Å². The first kappa shape index (κ1) is 15.8. The third-order valence-electron chi connectivity index (χ3n) is 3.22. The van der Waals surface area contributed by atoms with Crippen molar-refractivity contribution in [3.63, 3.8) is 0 Å². The summed E-state index contributed by atoms with van der Waals surface area (Å²) >= 11 is 0. The van der Waals surface area contributed by atoms with Crippen molar-refractivity contribution < 1.29 is 18.1 Å². The minimum absolute atomic E-state index is 0.0539. The highest BCUT2D eigenvalue weighted by molar-refractivity contribution is 7.89. The van der Waals surface area contributed by atoms with Crippen LogP contribution in [-0.2, 0) is 14.8 Å². The molecule has 1 fully saturated rings. The third kappa shape index (κ3) is 3.56. The lowest BCUT2D eigenvalue weighted by molar-refractivity contribution is -0.384. The normalized spacial score (nSPS) is 20.3. The number of rotatable bonds is 5. The molecule has 21 heavy (non-hydrogen) atoms. The van der Waals surface area contributed by atoms with E-state index >= 15 is 0 Å². The first-order chi connectivity index (χ1) is 9.95. The number of non-ortho nitro benzene ring substituents is 1. The molecule has 116 valence electrons. The van der Waals surface area contributed by atoms with Gasteiger partial charge in [0.1, 0.15) is 0 Å². The summed E-state index contributed by atoms with van der Waals surface area (Å²) in [5.74, 6) is 0. The lowest BCUT2D eigenvalue weighted by Crippen LogP contribution is -2.48. The quantitative estimate of drug-likeness (QED) is 0.615. The summed E-state index contributed by atoms with van der Waals surface area (Å²) in [5.41, 5.74) is -0.135. The highest BCUT2D eigenvalue weighted by Gasteiger charge is 2.30. The van der Waals surface area contributed by atoms with Gasteiger partial charge < -0.3 is 10.1 Å². The number of sulfonamides is 1. The topological polar surface area (TPSA) is 102 Å². The molecule has 0 aromatic heterocycles. The van der Waals surface area contributed by atoms with Crippen LogP contribution in [0.5, 0.6) is 0 Å². The molecule has 8 nitrogen and oxygen atoms in total. The number of nitro groups is 1. The Kier molecular flexibility index (Phi) is 4.88. The molecule has 1 N–H and O–H groups in total. The molecule has 1 aromatic carbocycles. The summed E-state index contributed by atoms with van der Waals surface area (Å²) in [6.45, 7) is 1.44. The van der Waals surface area contributed by atoms with Gasteiger partial charge in [0.15, 0.2) is 0 Å². The second-order valence-corrected chi connectivity index (χ2v) is 6.60. The standard InChI is InChI=1S/C12H17N3O5S/c1-13-8-11-9-14(6-7-20-11)21(18,19)12-4-2-10(3-5-12)15(16)17/h2-5,11,13H,6-9H2,1H3. The number of nitrogens with one attached hydrogen (secondary N) is 1. The van der Waals surface area contributed by atoms with E-state index in [9.17, 15) is 18.5 Å².